The smallest absolute Gasteiger partial charge is 0.308 e. The molecule has 4 nitrogen and oxygen atoms in total. The lowest BCUT2D eigenvalue weighted by molar-refractivity contribution is -0.150. The molecular formula is C16H18ClNO3. The number of aryl methyl sites for hydroxylation is 2. The molecule has 1 fully saturated rings. The van der Waals surface area contributed by atoms with Gasteiger partial charge < -0.3 is 9.84 Å². The molecule has 0 aliphatic carbocycles. The van der Waals surface area contributed by atoms with Crippen molar-refractivity contribution < 1.29 is 14.6 Å². The molecule has 1 saturated heterocycles. The van der Waals surface area contributed by atoms with E-state index in [4.69, 9.17) is 16.3 Å². The second kappa shape index (κ2) is 5.04. The van der Waals surface area contributed by atoms with Crippen LogP contribution in [0.5, 0.6) is 0 Å². The van der Waals surface area contributed by atoms with Crippen LogP contribution >= 0.6 is 11.6 Å². The number of hydrogen-bond acceptors (Lipinski definition) is 4. The molecule has 1 unspecified atom stereocenters. The first-order valence-corrected chi connectivity index (χ1v) is 7.41. The maximum absolute atomic E-state index is 11.6. The van der Waals surface area contributed by atoms with Crippen molar-refractivity contribution in [3.05, 3.63) is 39.6 Å². The Balaban J connectivity index is 2.07. The molecular weight excluding hydrogens is 290 g/mol. The summed E-state index contributed by atoms with van der Waals surface area (Å²) in [5, 5.41) is 14.7. The number of nitrogens with one attached hydrogen (secondary N) is 1. The summed E-state index contributed by atoms with van der Waals surface area (Å²) in [6.07, 6.45) is 0.772. The minimum absolute atomic E-state index is 0.175. The molecule has 1 spiro atoms. The first kappa shape index (κ1) is 14.4. The minimum atomic E-state index is -0.664. The third kappa shape index (κ3) is 2.32. The highest BCUT2D eigenvalue weighted by molar-refractivity contribution is 6.30. The van der Waals surface area contributed by atoms with Crippen molar-refractivity contribution in [2.75, 3.05) is 13.2 Å². The lowest BCUT2D eigenvalue weighted by Crippen LogP contribution is -2.48. The van der Waals surface area contributed by atoms with Crippen LogP contribution in [-0.2, 0) is 9.53 Å². The fourth-order valence-electron chi connectivity index (χ4n) is 3.39. The SMILES string of the molecule is Cc1cc(Cl)cc(C)c1C1=C(O)C2(CCOC(=O)C2)NC1. The first-order valence-electron chi connectivity index (χ1n) is 7.03. The Morgan fingerprint density at radius 2 is 2.00 bits per heavy atom. The van der Waals surface area contributed by atoms with E-state index in [0.717, 1.165) is 22.3 Å². The Labute approximate surface area is 128 Å². The fourth-order valence-corrected chi connectivity index (χ4v) is 3.71. The van der Waals surface area contributed by atoms with Crippen molar-refractivity contribution in [2.45, 2.75) is 32.2 Å². The Morgan fingerprint density at radius 3 is 2.62 bits per heavy atom. The molecule has 2 aliphatic heterocycles. The van der Waals surface area contributed by atoms with Gasteiger partial charge in [0.15, 0.2) is 0 Å². The number of halogens is 1. The van der Waals surface area contributed by atoms with Crippen LogP contribution in [-0.4, -0.2) is 29.8 Å². The van der Waals surface area contributed by atoms with Gasteiger partial charge in [-0.1, -0.05) is 11.6 Å². The van der Waals surface area contributed by atoms with Crippen molar-refractivity contribution in [3.8, 4) is 0 Å². The second-order valence-corrected chi connectivity index (χ2v) is 6.26. The summed E-state index contributed by atoms with van der Waals surface area (Å²) in [4.78, 5) is 11.6. The van der Waals surface area contributed by atoms with Crippen LogP contribution in [0.2, 0.25) is 5.02 Å². The van der Waals surface area contributed by atoms with Crippen molar-refractivity contribution in [1.82, 2.24) is 5.32 Å². The van der Waals surface area contributed by atoms with E-state index in [1.807, 2.05) is 26.0 Å². The van der Waals surface area contributed by atoms with Crippen molar-refractivity contribution in [2.24, 2.45) is 0 Å². The number of benzene rings is 1. The van der Waals surface area contributed by atoms with Crippen LogP contribution in [0.3, 0.4) is 0 Å². The van der Waals surface area contributed by atoms with E-state index in [9.17, 15) is 9.90 Å². The number of ether oxygens (including phenoxy) is 1. The van der Waals surface area contributed by atoms with E-state index >= 15 is 0 Å². The second-order valence-electron chi connectivity index (χ2n) is 5.82. The highest BCUT2D eigenvalue weighted by Crippen LogP contribution is 2.39. The number of carbonyl (C=O) groups is 1. The minimum Gasteiger partial charge on any atom is -0.510 e. The summed E-state index contributed by atoms with van der Waals surface area (Å²) in [6.45, 7) is 4.84. The zero-order chi connectivity index (χ0) is 15.2. The normalized spacial score (nSPS) is 25.6. The number of hydrogen-bond donors (Lipinski definition) is 2. The largest absolute Gasteiger partial charge is 0.510 e. The molecule has 1 atom stereocenters. The molecule has 2 heterocycles. The van der Waals surface area contributed by atoms with E-state index in [-0.39, 0.29) is 18.1 Å². The topological polar surface area (TPSA) is 58.6 Å². The quantitative estimate of drug-likeness (QED) is 0.783. The number of esters is 1. The molecule has 0 bridgehead atoms. The molecule has 1 aromatic rings. The standard InChI is InChI=1S/C16H18ClNO3/c1-9-5-11(17)6-10(2)14(9)12-8-18-16(15(12)20)3-4-21-13(19)7-16/h5-6,18,20H,3-4,7-8H2,1-2H3. The molecule has 0 radical (unpaired) electrons. The predicted molar refractivity (Wildman–Crippen MR) is 81.4 cm³/mol. The van der Waals surface area contributed by atoms with Gasteiger partial charge in [0.1, 0.15) is 5.76 Å². The van der Waals surface area contributed by atoms with Crippen LogP contribution < -0.4 is 5.32 Å². The summed E-state index contributed by atoms with van der Waals surface area (Å²) in [5.74, 6) is -0.00114. The summed E-state index contributed by atoms with van der Waals surface area (Å²) in [5.41, 5.74) is 3.26. The van der Waals surface area contributed by atoms with E-state index < -0.39 is 5.54 Å². The molecule has 2 N–H and O–H groups in total. The van der Waals surface area contributed by atoms with Crippen LogP contribution in [0, 0.1) is 13.8 Å². The third-order valence-electron chi connectivity index (χ3n) is 4.38. The first-order chi connectivity index (χ1) is 9.93. The zero-order valence-electron chi connectivity index (χ0n) is 12.1. The van der Waals surface area contributed by atoms with Gasteiger partial charge in [-0.25, -0.2) is 0 Å². The van der Waals surface area contributed by atoms with E-state index in [1.54, 1.807) is 0 Å². The Bertz CT molecular complexity index is 630. The Hall–Kier alpha value is -1.52. The summed E-state index contributed by atoms with van der Waals surface area (Å²) in [6, 6.07) is 3.79. The van der Waals surface area contributed by atoms with Gasteiger partial charge in [0.2, 0.25) is 0 Å². The van der Waals surface area contributed by atoms with Crippen molar-refractivity contribution in [1.29, 1.82) is 0 Å². The fraction of sp³-hybridized carbons (Fsp3) is 0.438. The lowest BCUT2D eigenvalue weighted by atomic mass is 9.86. The van der Waals surface area contributed by atoms with E-state index in [1.165, 1.54) is 0 Å². The van der Waals surface area contributed by atoms with Gasteiger partial charge in [-0.3, -0.25) is 10.1 Å². The van der Waals surface area contributed by atoms with Gasteiger partial charge in [-0.15, -0.1) is 0 Å². The van der Waals surface area contributed by atoms with Gasteiger partial charge in [-0.2, -0.15) is 0 Å². The third-order valence-corrected chi connectivity index (χ3v) is 4.60. The van der Waals surface area contributed by atoms with Crippen LogP contribution in [0.25, 0.3) is 5.57 Å². The molecule has 1 aromatic carbocycles. The van der Waals surface area contributed by atoms with Crippen molar-refractivity contribution >= 4 is 23.1 Å². The zero-order valence-corrected chi connectivity index (χ0v) is 12.9. The molecule has 0 aromatic heterocycles. The number of rotatable bonds is 1. The Kier molecular flexibility index (Phi) is 3.46. The molecule has 2 aliphatic rings. The highest BCUT2D eigenvalue weighted by atomic mass is 35.5. The maximum Gasteiger partial charge on any atom is 0.308 e. The van der Waals surface area contributed by atoms with Crippen LogP contribution in [0.4, 0.5) is 0 Å². The average Bonchev–Trinajstić information content (AvgIpc) is 2.67. The number of carbonyl (C=O) groups excluding carboxylic acids is 1. The van der Waals surface area contributed by atoms with Crippen LogP contribution in [0.15, 0.2) is 17.9 Å². The molecule has 5 heteroatoms. The van der Waals surface area contributed by atoms with Gasteiger partial charge in [-0.05, 0) is 42.7 Å². The predicted octanol–water partition coefficient (Wildman–Crippen LogP) is 2.90. The summed E-state index contributed by atoms with van der Waals surface area (Å²) >= 11 is 6.07. The van der Waals surface area contributed by atoms with Crippen LogP contribution in [0.1, 0.15) is 29.5 Å². The molecule has 112 valence electrons. The molecule has 0 saturated carbocycles. The molecule has 0 amide bonds. The van der Waals surface area contributed by atoms with Gasteiger partial charge in [0.25, 0.3) is 0 Å². The lowest BCUT2D eigenvalue weighted by Gasteiger charge is -2.32. The van der Waals surface area contributed by atoms with Gasteiger partial charge in [0, 0.05) is 23.6 Å². The summed E-state index contributed by atoms with van der Waals surface area (Å²) < 4.78 is 4.99. The van der Waals surface area contributed by atoms with E-state index in [2.05, 4.69) is 5.32 Å². The molecule has 21 heavy (non-hydrogen) atoms. The summed E-state index contributed by atoms with van der Waals surface area (Å²) in [7, 11) is 0. The monoisotopic (exact) mass is 307 g/mol. The highest BCUT2D eigenvalue weighted by Gasteiger charge is 2.46. The maximum atomic E-state index is 11.6. The number of aliphatic hydroxyl groups is 1. The van der Waals surface area contributed by atoms with Gasteiger partial charge >= 0.3 is 5.97 Å². The van der Waals surface area contributed by atoms with E-state index in [0.29, 0.717) is 24.6 Å². The number of aliphatic hydroxyl groups excluding tert-OH is 1. The molecule has 3 rings (SSSR count). The average molecular weight is 308 g/mol. The van der Waals surface area contributed by atoms with Gasteiger partial charge in [0.05, 0.1) is 18.6 Å². The van der Waals surface area contributed by atoms with Crippen molar-refractivity contribution in [3.63, 3.8) is 0 Å². The Morgan fingerprint density at radius 1 is 1.33 bits per heavy atom. The number of cyclic esters (lactones) is 1.